The van der Waals surface area contributed by atoms with Crippen LogP contribution in [0.2, 0.25) is 0 Å². The van der Waals surface area contributed by atoms with E-state index in [1.165, 1.54) is 12.1 Å². The first-order valence-electron chi connectivity index (χ1n) is 7.57. The van der Waals surface area contributed by atoms with Crippen LogP contribution in [0.25, 0.3) is 0 Å². The summed E-state index contributed by atoms with van der Waals surface area (Å²) in [6.45, 7) is 6.03. The van der Waals surface area contributed by atoms with E-state index in [2.05, 4.69) is 0 Å². The van der Waals surface area contributed by atoms with Crippen LogP contribution in [-0.4, -0.2) is 30.6 Å². The van der Waals surface area contributed by atoms with E-state index in [0.29, 0.717) is 0 Å². The van der Waals surface area contributed by atoms with Crippen molar-refractivity contribution in [3.63, 3.8) is 0 Å². The number of carboxylic acids is 2. The summed E-state index contributed by atoms with van der Waals surface area (Å²) in [5.41, 5.74) is -0.266. The third-order valence-electron chi connectivity index (χ3n) is 3.67. The Labute approximate surface area is 151 Å². The zero-order chi connectivity index (χ0) is 19.7. The van der Waals surface area contributed by atoms with Crippen LogP contribution in [0.5, 0.6) is 5.75 Å². The molecule has 0 atom stereocenters. The van der Waals surface area contributed by atoms with Crippen LogP contribution in [0, 0.1) is 0 Å². The normalized spacial score (nSPS) is 11.8. The van der Waals surface area contributed by atoms with Crippen molar-refractivity contribution >= 4 is 22.1 Å². The van der Waals surface area contributed by atoms with Gasteiger partial charge < -0.3 is 14.4 Å². The smallest absolute Gasteiger partial charge is 0.339 e. The molecule has 0 aromatic heterocycles. The zero-order valence-corrected chi connectivity index (χ0v) is 15.2. The molecule has 0 saturated carbocycles. The summed E-state index contributed by atoms with van der Waals surface area (Å²) < 4.78 is 29.8. The van der Waals surface area contributed by atoms with Gasteiger partial charge in [0.1, 0.15) is 10.6 Å². The van der Waals surface area contributed by atoms with Crippen LogP contribution >= 0.6 is 0 Å². The van der Waals surface area contributed by atoms with E-state index >= 15 is 0 Å². The molecular weight excluding hydrogens is 360 g/mol. The van der Waals surface area contributed by atoms with Gasteiger partial charge in [-0.1, -0.05) is 32.9 Å². The summed E-state index contributed by atoms with van der Waals surface area (Å²) in [6.07, 6.45) is 0. The van der Waals surface area contributed by atoms with Gasteiger partial charge in [0.2, 0.25) is 0 Å². The lowest BCUT2D eigenvalue weighted by Gasteiger charge is -2.19. The first-order chi connectivity index (χ1) is 11.9. The summed E-state index contributed by atoms with van der Waals surface area (Å²) in [7, 11) is -4.32. The molecule has 8 heteroatoms. The van der Waals surface area contributed by atoms with E-state index in [1.807, 2.05) is 20.8 Å². The fourth-order valence-electron chi connectivity index (χ4n) is 2.23. The number of benzene rings is 2. The molecule has 0 unspecified atom stereocenters. The molecule has 7 nitrogen and oxygen atoms in total. The van der Waals surface area contributed by atoms with Crippen molar-refractivity contribution in [1.29, 1.82) is 0 Å². The van der Waals surface area contributed by atoms with E-state index in [4.69, 9.17) is 14.4 Å². The third kappa shape index (κ3) is 4.20. The van der Waals surface area contributed by atoms with Gasteiger partial charge in [0.05, 0.1) is 11.1 Å². The third-order valence-corrected chi connectivity index (χ3v) is 4.91. The average Bonchev–Trinajstić information content (AvgIpc) is 2.53. The zero-order valence-electron chi connectivity index (χ0n) is 14.4. The second kappa shape index (κ2) is 6.80. The number of carbonyl (C=O) groups is 2. The number of hydrogen-bond acceptors (Lipinski definition) is 5. The molecule has 0 spiro atoms. The predicted molar refractivity (Wildman–Crippen MR) is 93.3 cm³/mol. The van der Waals surface area contributed by atoms with Crippen LogP contribution in [0.3, 0.4) is 0 Å². The maximum atomic E-state index is 12.4. The van der Waals surface area contributed by atoms with Crippen LogP contribution in [0.1, 0.15) is 47.1 Å². The monoisotopic (exact) mass is 378 g/mol. The highest BCUT2D eigenvalue weighted by molar-refractivity contribution is 7.87. The minimum atomic E-state index is -4.32. The molecule has 0 aliphatic rings. The number of carboxylic acid groups (broad SMARTS) is 2. The van der Waals surface area contributed by atoms with Gasteiger partial charge in [-0.2, -0.15) is 8.42 Å². The van der Waals surface area contributed by atoms with Crippen molar-refractivity contribution in [2.24, 2.45) is 0 Å². The molecule has 2 aromatic carbocycles. The summed E-state index contributed by atoms with van der Waals surface area (Å²) >= 11 is 0. The van der Waals surface area contributed by atoms with Gasteiger partial charge in [0, 0.05) is 0 Å². The molecular formula is C18H18O7S. The van der Waals surface area contributed by atoms with Gasteiger partial charge in [-0.3, -0.25) is 0 Å². The Morgan fingerprint density at radius 1 is 0.885 bits per heavy atom. The molecule has 26 heavy (non-hydrogen) atoms. The Morgan fingerprint density at radius 3 is 1.88 bits per heavy atom. The first kappa shape index (κ1) is 19.5. The SMILES string of the molecule is CC(C)(C)c1ccc(OS(=O)(=O)c2ccc(C(=O)O)c(C(=O)O)c2)cc1. The first-order valence-corrected chi connectivity index (χ1v) is 8.98. The molecule has 0 aliphatic heterocycles. The van der Waals surface area contributed by atoms with Crippen molar-refractivity contribution in [3.8, 4) is 5.75 Å². The Bertz CT molecular complexity index is 952. The Kier molecular flexibility index (Phi) is 5.09. The molecule has 2 N–H and O–H groups in total. The Hall–Kier alpha value is -2.87. The van der Waals surface area contributed by atoms with Gasteiger partial charge in [-0.25, -0.2) is 9.59 Å². The summed E-state index contributed by atoms with van der Waals surface area (Å²) in [5, 5.41) is 18.1. The highest BCUT2D eigenvalue weighted by atomic mass is 32.2. The molecule has 0 amide bonds. The molecule has 0 heterocycles. The number of aromatic carboxylic acids is 2. The second-order valence-electron chi connectivity index (χ2n) is 6.63. The maximum absolute atomic E-state index is 12.4. The molecule has 0 fully saturated rings. The Morgan fingerprint density at radius 2 is 1.42 bits per heavy atom. The predicted octanol–water partition coefficient (Wildman–Crippen LogP) is 3.15. The molecule has 0 bridgehead atoms. The molecule has 2 aromatic rings. The van der Waals surface area contributed by atoms with E-state index in [1.54, 1.807) is 12.1 Å². The quantitative estimate of drug-likeness (QED) is 0.767. The summed E-state index contributed by atoms with van der Waals surface area (Å²) in [5.74, 6) is -2.95. The van der Waals surface area contributed by atoms with Gasteiger partial charge in [0.15, 0.2) is 0 Å². The van der Waals surface area contributed by atoms with Crippen molar-refractivity contribution < 1.29 is 32.4 Å². The standard InChI is InChI=1S/C18H18O7S/c1-18(2,3)11-4-6-12(7-5-11)25-26(23,24)13-8-9-14(16(19)20)15(10-13)17(21)22/h4-10H,1-3H3,(H,19,20)(H,21,22). The topological polar surface area (TPSA) is 118 Å². The highest BCUT2D eigenvalue weighted by Gasteiger charge is 2.23. The van der Waals surface area contributed by atoms with Gasteiger partial charge in [-0.15, -0.1) is 0 Å². The summed E-state index contributed by atoms with van der Waals surface area (Å²) in [4.78, 5) is 21.8. The molecule has 0 radical (unpaired) electrons. The van der Waals surface area contributed by atoms with Crippen LogP contribution in [-0.2, 0) is 15.5 Å². The average molecular weight is 378 g/mol. The van der Waals surface area contributed by atoms with Crippen LogP contribution < -0.4 is 4.18 Å². The fourth-order valence-corrected chi connectivity index (χ4v) is 3.19. The Balaban J connectivity index is 2.37. The number of rotatable bonds is 5. The van der Waals surface area contributed by atoms with E-state index in [-0.39, 0.29) is 11.2 Å². The van der Waals surface area contributed by atoms with E-state index in [9.17, 15) is 18.0 Å². The minimum Gasteiger partial charge on any atom is -0.478 e. The lowest BCUT2D eigenvalue weighted by atomic mass is 9.87. The van der Waals surface area contributed by atoms with Gasteiger partial charge in [0.25, 0.3) is 0 Å². The maximum Gasteiger partial charge on any atom is 0.339 e. The molecule has 2 rings (SSSR count). The van der Waals surface area contributed by atoms with Crippen molar-refractivity contribution in [1.82, 2.24) is 0 Å². The van der Waals surface area contributed by atoms with Gasteiger partial charge >= 0.3 is 22.1 Å². The van der Waals surface area contributed by atoms with Crippen molar-refractivity contribution in [3.05, 3.63) is 59.2 Å². The minimum absolute atomic E-state index is 0.0668. The highest BCUT2D eigenvalue weighted by Crippen LogP contribution is 2.26. The lowest BCUT2D eigenvalue weighted by molar-refractivity contribution is 0.0651. The number of hydrogen-bond donors (Lipinski definition) is 2. The van der Waals surface area contributed by atoms with Crippen LogP contribution in [0.15, 0.2) is 47.4 Å². The van der Waals surface area contributed by atoms with Gasteiger partial charge in [-0.05, 0) is 41.3 Å². The molecule has 0 saturated heterocycles. The van der Waals surface area contributed by atoms with Crippen molar-refractivity contribution in [2.75, 3.05) is 0 Å². The summed E-state index contributed by atoms with van der Waals surface area (Å²) in [6, 6.07) is 9.16. The molecule has 138 valence electrons. The van der Waals surface area contributed by atoms with E-state index < -0.39 is 38.1 Å². The van der Waals surface area contributed by atoms with E-state index in [0.717, 1.165) is 23.8 Å². The lowest BCUT2D eigenvalue weighted by Crippen LogP contribution is -2.14. The fraction of sp³-hybridized carbons (Fsp3) is 0.222. The van der Waals surface area contributed by atoms with Crippen LogP contribution in [0.4, 0.5) is 0 Å². The second-order valence-corrected chi connectivity index (χ2v) is 8.18. The molecule has 0 aliphatic carbocycles. The van der Waals surface area contributed by atoms with Crippen molar-refractivity contribution in [2.45, 2.75) is 31.1 Å². The largest absolute Gasteiger partial charge is 0.478 e.